The number of fused-ring (bicyclic) bond motifs is 1. The molecule has 5 nitrogen and oxygen atoms in total. The van der Waals surface area contributed by atoms with Crippen LogP contribution in [0.2, 0.25) is 0 Å². The second-order valence-electron chi connectivity index (χ2n) is 5.46. The molecule has 0 atom stereocenters. The SMILES string of the molecule is CCCCS(=O)(=O)NCCc1c(C)[nH]c2ccc(OC)cc12. The molecule has 0 aliphatic heterocycles. The van der Waals surface area contributed by atoms with Gasteiger partial charge in [0.05, 0.1) is 12.9 Å². The van der Waals surface area contributed by atoms with Gasteiger partial charge in [0.25, 0.3) is 0 Å². The number of ether oxygens (including phenoxy) is 1. The Morgan fingerprint density at radius 2 is 2.09 bits per heavy atom. The minimum atomic E-state index is -3.16. The highest BCUT2D eigenvalue weighted by Gasteiger charge is 2.12. The van der Waals surface area contributed by atoms with Crippen molar-refractivity contribution in [3.8, 4) is 5.75 Å². The van der Waals surface area contributed by atoms with Gasteiger partial charge in [0.15, 0.2) is 0 Å². The van der Waals surface area contributed by atoms with Gasteiger partial charge in [0, 0.05) is 23.1 Å². The molecular formula is C16H24N2O3S. The zero-order valence-electron chi connectivity index (χ0n) is 13.4. The number of aromatic amines is 1. The largest absolute Gasteiger partial charge is 0.497 e. The van der Waals surface area contributed by atoms with Crippen LogP contribution in [0.25, 0.3) is 10.9 Å². The number of rotatable bonds is 8. The maximum Gasteiger partial charge on any atom is 0.211 e. The lowest BCUT2D eigenvalue weighted by atomic mass is 10.1. The molecule has 0 bridgehead atoms. The number of benzene rings is 1. The Labute approximate surface area is 132 Å². The Morgan fingerprint density at radius 3 is 2.77 bits per heavy atom. The molecule has 0 unspecified atom stereocenters. The van der Waals surface area contributed by atoms with E-state index in [9.17, 15) is 8.42 Å². The number of hydrogen-bond donors (Lipinski definition) is 2. The molecule has 0 amide bonds. The van der Waals surface area contributed by atoms with E-state index in [1.54, 1.807) is 7.11 Å². The molecule has 2 aromatic rings. The molecule has 0 aliphatic carbocycles. The number of unbranched alkanes of at least 4 members (excludes halogenated alkanes) is 1. The van der Waals surface area contributed by atoms with E-state index < -0.39 is 10.0 Å². The number of H-pyrrole nitrogens is 1. The number of aromatic nitrogens is 1. The van der Waals surface area contributed by atoms with Crippen molar-refractivity contribution in [1.82, 2.24) is 9.71 Å². The third-order valence-corrected chi connectivity index (χ3v) is 5.26. The van der Waals surface area contributed by atoms with Crippen molar-refractivity contribution in [2.45, 2.75) is 33.1 Å². The van der Waals surface area contributed by atoms with Gasteiger partial charge in [-0.1, -0.05) is 13.3 Å². The van der Waals surface area contributed by atoms with Crippen LogP contribution in [0.4, 0.5) is 0 Å². The summed E-state index contributed by atoms with van der Waals surface area (Å²) in [4.78, 5) is 3.33. The first-order valence-electron chi connectivity index (χ1n) is 7.59. The van der Waals surface area contributed by atoms with Crippen molar-refractivity contribution >= 4 is 20.9 Å². The first-order valence-corrected chi connectivity index (χ1v) is 9.24. The number of hydrogen-bond acceptors (Lipinski definition) is 3. The number of methoxy groups -OCH3 is 1. The molecule has 1 aromatic carbocycles. The van der Waals surface area contributed by atoms with Crippen molar-refractivity contribution in [1.29, 1.82) is 0 Å². The molecule has 0 spiro atoms. The molecule has 0 radical (unpaired) electrons. The van der Waals surface area contributed by atoms with E-state index in [0.29, 0.717) is 19.4 Å². The predicted octanol–water partition coefficient (Wildman–Crippen LogP) is 2.75. The lowest BCUT2D eigenvalue weighted by Gasteiger charge is -2.07. The molecule has 1 aromatic heterocycles. The fourth-order valence-electron chi connectivity index (χ4n) is 2.55. The van der Waals surface area contributed by atoms with E-state index in [-0.39, 0.29) is 5.75 Å². The van der Waals surface area contributed by atoms with Gasteiger partial charge in [-0.3, -0.25) is 0 Å². The second-order valence-corrected chi connectivity index (χ2v) is 7.38. The van der Waals surface area contributed by atoms with Crippen LogP contribution in [0.15, 0.2) is 18.2 Å². The Hall–Kier alpha value is -1.53. The van der Waals surface area contributed by atoms with E-state index in [1.807, 2.05) is 32.0 Å². The van der Waals surface area contributed by atoms with Crippen LogP contribution in [0.3, 0.4) is 0 Å². The predicted molar refractivity (Wildman–Crippen MR) is 90.0 cm³/mol. The molecule has 0 aliphatic rings. The monoisotopic (exact) mass is 324 g/mol. The normalized spacial score (nSPS) is 12.0. The van der Waals surface area contributed by atoms with Crippen molar-refractivity contribution in [3.05, 3.63) is 29.5 Å². The average Bonchev–Trinajstić information content (AvgIpc) is 2.80. The maximum atomic E-state index is 11.8. The number of aryl methyl sites for hydroxylation is 1. The zero-order chi connectivity index (χ0) is 16.2. The van der Waals surface area contributed by atoms with Gasteiger partial charge in [0.1, 0.15) is 5.75 Å². The minimum absolute atomic E-state index is 0.199. The molecule has 2 rings (SSSR count). The van der Waals surface area contributed by atoms with Gasteiger partial charge in [0.2, 0.25) is 10.0 Å². The highest BCUT2D eigenvalue weighted by atomic mass is 32.2. The summed E-state index contributed by atoms with van der Waals surface area (Å²) in [6.45, 7) is 4.41. The maximum absolute atomic E-state index is 11.8. The molecule has 0 fully saturated rings. The summed E-state index contributed by atoms with van der Waals surface area (Å²) < 4.78 is 31.6. The standard InChI is InChI=1S/C16H24N2O3S/c1-4-5-10-22(19,20)17-9-8-14-12(2)18-16-7-6-13(21-3)11-15(14)16/h6-7,11,17-18H,4-5,8-10H2,1-3H3. The van der Waals surface area contributed by atoms with Gasteiger partial charge >= 0.3 is 0 Å². The van der Waals surface area contributed by atoms with Crippen LogP contribution >= 0.6 is 0 Å². The average molecular weight is 324 g/mol. The van der Waals surface area contributed by atoms with Crippen LogP contribution in [0.5, 0.6) is 5.75 Å². The molecular weight excluding hydrogens is 300 g/mol. The molecule has 22 heavy (non-hydrogen) atoms. The van der Waals surface area contributed by atoms with E-state index in [0.717, 1.165) is 34.3 Å². The Morgan fingerprint density at radius 1 is 1.32 bits per heavy atom. The second kappa shape index (κ2) is 7.15. The van der Waals surface area contributed by atoms with E-state index >= 15 is 0 Å². The lowest BCUT2D eigenvalue weighted by Crippen LogP contribution is -2.28. The lowest BCUT2D eigenvalue weighted by molar-refractivity contribution is 0.415. The van der Waals surface area contributed by atoms with Crippen molar-refractivity contribution < 1.29 is 13.2 Å². The summed E-state index contributed by atoms with van der Waals surface area (Å²) in [6.07, 6.45) is 2.23. The van der Waals surface area contributed by atoms with Gasteiger partial charge in [-0.2, -0.15) is 0 Å². The highest BCUT2D eigenvalue weighted by Crippen LogP contribution is 2.26. The number of sulfonamides is 1. The first kappa shape index (κ1) is 16.8. The Bertz CT molecular complexity index is 735. The smallest absolute Gasteiger partial charge is 0.211 e. The molecule has 6 heteroatoms. The summed E-state index contributed by atoms with van der Waals surface area (Å²) >= 11 is 0. The summed E-state index contributed by atoms with van der Waals surface area (Å²) in [5.74, 6) is 1.00. The molecule has 0 saturated carbocycles. The molecule has 0 saturated heterocycles. The van der Waals surface area contributed by atoms with Crippen LogP contribution in [-0.2, 0) is 16.4 Å². The fraction of sp³-hybridized carbons (Fsp3) is 0.500. The Kier molecular flexibility index (Phi) is 5.47. The summed E-state index contributed by atoms with van der Waals surface area (Å²) in [6, 6.07) is 5.88. The number of nitrogens with one attached hydrogen (secondary N) is 2. The molecule has 1 heterocycles. The summed E-state index contributed by atoms with van der Waals surface area (Å²) in [7, 11) is -1.52. The van der Waals surface area contributed by atoms with Gasteiger partial charge in [-0.15, -0.1) is 0 Å². The first-order chi connectivity index (χ1) is 10.5. The van der Waals surface area contributed by atoms with Crippen molar-refractivity contribution in [3.63, 3.8) is 0 Å². The summed E-state index contributed by atoms with van der Waals surface area (Å²) in [5.41, 5.74) is 3.24. The minimum Gasteiger partial charge on any atom is -0.497 e. The van der Waals surface area contributed by atoms with Crippen molar-refractivity contribution in [2.24, 2.45) is 0 Å². The molecule has 2 N–H and O–H groups in total. The van der Waals surface area contributed by atoms with Crippen LogP contribution < -0.4 is 9.46 Å². The fourth-order valence-corrected chi connectivity index (χ4v) is 3.77. The van der Waals surface area contributed by atoms with Gasteiger partial charge < -0.3 is 9.72 Å². The van der Waals surface area contributed by atoms with Crippen molar-refractivity contribution in [2.75, 3.05) is 19.4 Å². The van der Waals surface area contributed by atoms with Gasteiger partial charge in [-0.05, 0) is 43.5 Å². The third kappa shape index (κ3) is 4.01. The topological polar surface area (TPSA) is 71.2 Å². The van der Waals surface area contributed by atoms with Gasteiger partial charge in [-0.25, -0.2) is 13.1 Å². The van der Waals surface area contributed by atoms with E-state index in [4.69, 9.17) is 4.74 Å². The van der Waals surface area contributed by atoms with Crippen LogP contribution in [0, 0.1) is 6.92 Å². The quantitative estimate of drug-likeness (QED) is 0.784. The highest BCUT2D eigenvalue weighted by molar-refractivity contribution is 7.89. The van der Waals surface area contributed by atoms with Crippen LogP contribution in [0.1, 0.15) is 31.0 Å². The third-order valence-electron chi connectivity index (χ3n) is 3.79. The Balaban J connectivity index is 2.10. The molecule has 122 valence electrons. The van der Waals surface area contributed by atoms with E-state index in [1.165, 1.54) is 0 Å². The van der Waals surface area contributed by atoms with Crippen LogP contribution in [-0.4, -0.2) is 32.8 Å². The zero-order valence-corrected chi connectivity index (χ0v) is 14.2. The summed E-state index contributed by atoms with van der Waals surface area (Å²) in [5, 5.41) is 1.09. The van der Waals surface area contributed by atoms with E-state index in [2.05, 4.69) is 9.71 Å².